The molecule has 0 bridgehead atoms. The summed E-state index contributed by atoms with van der Waals surface area (Å²) >= 11 is 6.26. The van der Waals surface area contributed by atoms with Gasteiger partial charge in [0.15, 0.2) is 11.5 Å². The third-order valence-electron chi connectivity index (χ3n) is 2.55. The second-order valence-corrected chi connectivity index (χ2v) is 3.95. The third kappa shape index (κ3) is 1.90. The van der Waals surface area contributed by atoms with Crippen LogP contribution in [0, 0.1) is 6.92 Å². The monoisotopic (exact) mass is 227 g/mol. The molecule has 0 amide bonds. The second kappa shape index (κ2) is 4.29. The van der Waals surface area contributed by atoms with Crippen molar-refractivity contribution in [2.45, 2.75) is 13.3 Å². The van der Waals surface area contributed by atoms with Crippen LogP contribution in [-0.4, -0.2) is 20.4 Å². The van der Waals surface area contributed by atoms with Gasteiger partial charge in [0.1, 0.15) is 0 Å². The molecule has 3 nitrogen and oxygen atoms in total. The first-order valence-electron chi connectivity index (χ1n) is 4.96. The first-order valence-corrected chi connectivity index (χ1v) is 5.34. The number of aryl methyl sites for hydroxylation is 1. The van der Waals surface area contributed by atoms with Gasteiger partial charge in [0.05, 0.1) is 5.02 Å². The van der Waals surface area contributed by atoms with E-state index in [4.69, 9.17) is 21.1 Å². The summed E-state index contributed by atoms with van der Waals surface area (Å²) < 4.78 is 10.6. The van der Waals surface area contributed by atoms with Crippen molar-refractivity contribution < 1.29 is 9.47 Å². The van der Waals surface area contributed by atoms with Gasteiger partial charge in [-0.1, -0.05) is 11.6 Å². The zero-order chi connectivity index (χ0) is 10.8. The fourth-order valence-corrected chi connectivity index (χ4v) is 2.11. The van der Waals surface area contributed by atoms with Crippen LogP contribution in [0.1, 0.15) is 11.1 Å². The molecule has 2 rings (SSSR count). The van der Waals surface area contributed by atoms with Crippen LogP contribution >= 0.6 is 11.6 Å². The van der Waals surface area contributed by atoms with E-state index in [9.17, 15) is 0 Å². The number of hydrogen-bond donors (Lipinski definition) is 1. The maximum absolute atomic E-state index is 6.26. The normalized spacial score (nSPS) is 13.3. The molecular weight excluding hydrogens is 214 g/mol. The van der Waals surface area contributed by atoms with E-state index in [0.29, 0.717) is 10.8 Å². The van der Waals surface area contributed by atoms with Crippen LogP contribution in [0.5, 0.6) is 11.5 Å². The maximum Gasteiger partial charge on any atom is 0.231 e. The summed E-state index contributed by atoms with van der Waals surface area (Å²) in [6.07, 6.45) is 0.901. The molecule has 1 aliphatic heterocycles. The Morgan fingerprint density at radius 2 is 2.27 bits per heavy atom. The molecule has 15 heavy (non-hydrogen) atoms. The van der Waals surface area contributed by atoms with Gasteiger partial charge in [0.2, 0.25) is 6.79 Å². The average molecular weight is 228 g/mol. The summed E-state index contributed by atoms with van der Waals surface area (Å²) in [6, 6.07) is 1.99. The minimum absolute atomic E-state index is 0.268. The molecule has 0 aromatic heterocycles. The molecule has 0 spiro atoms. The third-order valence-corrected chi connectivity index (χ3v) is 2.95. The Morgan fingerprint density at radius 1 is 1.47 bits per heavy atom. The minimum atomic E-state index is 0.268. The van der Waals surface area contributed by atoms with Crippen LogP contribution in [0.25, 0.3) is 0 Å². The predicted octanol–water partition coefficient (Wildman–Crippen LogP) is 2.14. The van der Waals surface area contributed by atoms with E-state index in [-0.39, 0.29) is 6.79 Å². The standard InChI is InChI=1S/C11H14ClNO2/c1-7-5-9-11(15-6-14-9)10(12)8(7)3-4-13-2/h5,13H,3-4,6H2,1-2H3. The molecule has 0 aliphatic carbocycles. The lowest BCUT2D eigenvalue weighted by Gasteiger charge is -2.10. The van der Waals surface area contributed by atoms with Crippen molar-refractivity contribution in [2.75, 3.05) is 20.4 Å². The Morgan fingerprint density at radius 3 is 3.00 bits per heavy atom. The van der Waals surface area contributed by atoms with Crippen LogP contribution in [-0.2, 0) is 6.42 Å². The van der Waals surface area contributed by atoms with Crippen molar-refractivity contribution in [3.05, 3.63) is 22.2 Å². The molecule has 0 fully saturated rings. The van der Waals surface area contributed by atoms with Crippen LogP contribution in [0.4, 0.5) is 0 Å². The Bertz CT molecular complexity index is 379. The Labute approximate surface area is 94.3 Å². The zero-order valence-electron chi connectivity index (χ0n) is 8.89. The van der Waals surface area contributed by atoms with Crippen LogP contribution < -0.4 is 14.8 Å². The minimum Gasteiger partial charge on any atom is -0.454 e. The lowest BCUT2D eigenvalue weighted by atomic mass is 10.0. The molecule has 0 saturated heterocycles. The first-order chi connectivity index (χ1) is 7.24. The first kappa shape index (κ1) is 10.6. The van der Waals surface area contributed by atoms with Crippen LogP contribution in [0.3, 0.4) is 0 Å². The van der Waals surface area contributed by atoms with E-state index in [2.05, 4.69) is 5.32 Å². The molecule has 4 heteroatoms. The van der Waals surface area contributed by atoms with Gasteiger partial charge in [-0.2, -0.15) is 0 Å². The quantitative estimate of drug-likeness (QED) is 0.858. The fraction of sp³-hybridized carbons (Fsp3) is 0.455. The maximum atomic E-state index is 6.26. The molecule has 0 radical (unpaired) electrons. The SMILES string of the molecule is CNCCc1c(C)cc2c(c1Cl)OCO2. The van der Waals surface area contributed by atoms with Gasteiger partial charge >= 0.3 is 0 Å². The van der Waals surface area contributed by atoms with Crippen molar-refractivity contribution in [2.24, 2.45) is 0 Å². The van der Waals surface area contributed by atoms with Crippen molar-refractivity contribution in [1.29, 1.82) is 0 Å². The number of benzene rings is 1. The lowest BCUT2D eigenvalue weighted by molar-refractivity contribution is 0.174. The topological polar surface area (TPSA) is 30.5 Å². The van der Waals surface area contributed by atoms with Gasteiger partial charge in [0.25, 0.3) is 0 Å². The number of fused-ring (bicyclic) bond motifs is 1. The molecule has 1 aromatic rings. The number of hydrogen-bond acceptors (Lipinski definition) is 3. The van der Waals surface area contributed by atoms with E-state index in [0.717, 1.165) is 29.8 Å². The molecule has 1 aromatic carbocycles. The Kier molecular flexibility index (Phi) is 3.03. The molecule has 1 aliphatic rings. The van der Waals surface area contributed by atoms with Gasteiger partial charge in [-0.25, -0.2) is 0 Å². The molecular formula is C11H14ClNO2. The van der Waals surface area contributed by atoms with Gasteiger partial charge in [-0.15, -0.1) is 0 Å². The van der Waals surface area contributed by atoms with Crippen molar-refractivity contribution >= 4 is 11.6 Å². The number of nitrogens with one attached hydrogen (secondary N) is 1. The summed E-state index contributed by atoms with van der Waals surface area (Å²) in [6.45, 7) is 3.21. The van der Waals surface area contributed by atoms with E-state index in [1.807, 2.05) is 20.0 Å². The van der Waals surface area contributed by atoms with Gasteiger partial charge in [-0.3, -0.25) is 0 Å². The van der Waals surface area contributed by atoms with E-state index >= 15 is 0 Å². The number of likely N-dealkylation sites (N-methyl/N-ethyl adjacent to an activating group) is 1. The predicted molar refractivity (Wildman–Crippen MR) is 59.9 cm³/mol. The molecule has 0 unspecified atom stereocenters. The van der Waals surface area contributed by atoms with Gasteiger partial charge in [0, 0.05) is 0 Å². The molecule has 0 atom stereocenters. The summed E-state index contributed by atoms with van der Waals surface area (Å²) in [5.41, 5.74) is 2.29. The Hall–Kier alpha value is -0.930. The number of rotatable bonds is 3. The largest absolute Gasteiger partial charge is 0.454 e. The van der Waals surface area contributed by atoms with Crippen molar-refractivity contribution in [3.63, 3.8) is 0 Å². The van der Waals surface area contributed by atoms with Gasteiger partial charge < -0.3 is 14.8 Å². The van der Waals surface area contributed by atoms with E-state index in [1.165, 1.54) is 0 Å². The number of ether oxygens (including phenoxy) is 2. The zero-order valence-corrected chi connectivity index (χ0v) is 9.65. The fourth-order valence-electron chi connectivity index (χ4n) is 1.72. The highest BCUT2D eigenvalue weighted by atomic mass is 35.5. The second-order valence-electron chi connectivity index (χ2n) is 3.57. The molecule has 1 heterocycles. The van der Waals surface area contributed by atoms with E-state index in [1.54, 1.807) is 0 Å². The van der Waals surface area contributed by atoms with Crippen molar-refractivity contribution in [1.82, 2.24) is 5.32 Å². The summed E-state index contributed by atoms with van der Waals surface area (Å²) in [5, 5.41) is 3.80. The summed E-state index contributed by atoms with van der Waals surface area (Å²) in [5.74, 6) is 1.44. The average Bonchev–Trinajstić information content (AvgIpc) is 2.65. The van der Waals surface area contributed by atoms with Crippen LogP contribution in [0.2, 0.25) is 5.02 Å². The lowest BCUT2D eigenvalue weighted by Crippen LogP contribution is -2.11. The molecule has 1 N–H and O–H groups in total. The smallest absolute Gasteiger partial charge is 0.231 e. The highest BCUT2D eigenvalue weighted by molar-refractivity contribution is 6.33. The highest BCUT2D eigenvalue weighted by Gasteiger charge is 2.21. The highest BCUT2D eigenvalue weighted by Crippen LogP contribution is 2.42. The Balaban J connectivity index is 2.37. The van der Waals surface area contributed by atoms with Crippen molar-refractivity contribution in [3.8, 4) is 11.5 Å². The molecule has 0 saturated carbocycles. The summed E-state index contributed by atoms with van der Waals surface area (Å²) in [7, 11) is 1.93. The van der Waals surface area contributed by atoms with Gasteiger partial charge in [-0.05, 0) is 44.1 Å². The van der Waals surface area contributed by atoms with Crippen LogP contribution in [0.15, 0.2) is 6.07 Å². The summed E-state index contributed by atoms with van der Waals surface area (Å²) in [4.78, 5) is 0. The number of halogens is 1. The molecule has 82 valence electrons. The van der Waals surface area contributed by atoms with E-state index < -0.39 is 0 Å².